The van der Waals surface area contributed by atoms with Gasteiger partial charge in [0, 0.05) is 30.5 Å². The fourth-order valence-corrected chi connectivity index (χ4v) is 3.99. The van der Waals surface area contributed by atoms with Gasteiger partial charge in [-0.3, -0.25) is 0 Å². The first kappa shape index (κ1) is 24.7. The number of halogens is 1. The molecule has 0 unspecified atom stereocenters. The van der Waals surface area contributed by atoms with E-state index in [1.807, 2.05) is 37.3 Å². The molecule has 0 aliphatic rings. The Balaban J connectivity index is 2.09. The van der Waals surface area contributed by atoms with Gasteiger partial charge in [-0.1, -0.05) is 45.9 Å². The summed E-state index contributed by atoms with van der Waals surface area (Å²) in [6.07, 6.45) is 1.45. The number of rotatable bonds is 8. The summed E-state index contributed by atoms with van der Waals surface area (Å²) in [6, 6.07) is 14.4. The van der Waals surface area contributed by atoms with Crippen molar-refractivity contribution < 1.29 is 18.6 Å². The lowest BCUT2D eigenvalue weighted by atomic mass is 9.81. The third-order valence-electron chi connectivity index (χ3n) is 5.62. The van der Waals surface area contributed by atoms with Crippen molar-refractivity contribution in [1.82, 2.24) is 4.98 Å². The van der Waals surface area contributed by atoms with Gasteiger partial charge in [0.25, 0.3) is 0 Å². The molecule has 0 spiro atoms. The molecule has 1 aromatic heterocycles. The topological polar surface area (TPSA) is 40.6 Å². The molecule has 5 heteroatoms. The number of ether oxygens (including phenoxy) is 3. The van der Waals surface area contributed by atoms with Crippen molar-refractivity contribution in [3.63, 3.8) is 0 Å². The normalized spacial score (nSPS) is 12.6. The zero-order valence-corrected chi connectivity index (χ0v) is 20.3. The van der Waals surface area contributed by atoms with Crippen LogP contribution in [0.15, 0.2) is 54.7 Å². The summed E-state index contributed by atoms with van der Waals surface area (Å²) in [6.45, 7) is 12.6. The third kappa shape index (κ3) is 5.72. The van der Waals surface area contributed by atoms with E-state index in [1.165, 1.54) is 6.07 Å². The monoisotopic (exact) mass is 450 g/mol. The Morgan fingerprint density at radius 1 is 1.03 bits per heavy atom. The van der Waals surface area contributed by atoms with Gasteiger partial charge in [-0.2, -0.15) is 0 Å². The van der Waals surface area contributed by atoms with Crippen molar-refractivity contribution in [3.05, 3.63) is 84.2 Å². The average Bonchev–Trinajstić information content (AvgIpc) is 2.78. The highest BCUT2D eigenvalue weighted by molar-refractivity contribution is 5.71. The van der Waals surface area contributed by atoms with Gasteiger partial charge in [0.1, 0.15) is 18.2 Å². The Labute approximate surface area is 196 Å². The van der Waals surface area contributed by atoms with E-state index < -0.39 is 0 Å². The highest BCUT2D eigenvalue weighted by atomic mass is 19.1. The zero-order valence-electron chi connectivity index (χ0n) is 20.3. The van der Waals surface area contributed by atoms with E-state index in [2.05, 4.69) is 32.7 Å². The maximum Gasteiger partial charge on any atom is 0.213 e. The lowest BCUT2D eigenvalue weighted by Gasteiger charge is -2.32. The van der Waals surface area contributed by atoms with Crippen LogP contribution in [0, 0.1) is 18.2 Å². The van der Waals surface area contributed by atoms with Crippen molar-refractivity contribution in [2.24, 2.45) is 5.41 Å². The molecule has 2 atom stereocenters. The summed E-state index contributed by atoms with van der Waals surface area (Å²) in [7, 11) is 3.28. The third-order valence-corrected chi connectivity index (χ3v) is 5.62. The SMILES string of the molecule is [CH2][C@@H](C)c1ccnc(OCc2cc([C@@H](OC)C(C)(C)C)c(-c3ccccc3F)cc2OC)c1. The summed E-state index contributed by atoms with van der Waals surface area (Å²) < 4.78 is 32.4. The van der Waals surface area contributed by atoms with E-state index in [1.54, 1.807) is 32.5 Å². The van der Waals surface area contributed by atoms with Crippen LogP contribution in [0.4, 0.5) is 4.39 Å². The van der Waals surface area contributed by atoms with Crippen molar-refractivity contribution in [2.75, 3.05) is 14.2 Å². The van der Waals surface area contributed by atoms with Gasteiger partial charge in [-0.15, -0.1) is 0 Å². The lowest BCUT2D eigenvalue weighted by Crippen LogP contribution is -2.21. The average molecular weight is 451 g/mol. The molecule has 3 aromatic rings. The van der Waals surface area contributed by atoms with Gasteiger partial charge in [-0.05, 0) is 59.2 Å². The number of pyridine rings is 1. The van der Waals surface area contributed by atoms with Crippen molar-refractivity contribution in [1.29, 1.82) is 0 Å². The van der Waals surface area contributed by atoms with Crippen molar-refractivity contribution in [3.8, 4) is 22.8 Å². The van der Waals surface area contributed by atoms with E-state index in [0.29, 0.717) is 17.2 Å². The highest BCUT2D eigenvalue weighted by Crippen LogP contribution is 2.43. The van der Waals surface area contributed by atoms with E-state index >= 15 is 0 Å². The number of aromatic nitrogens is 1. The summed E-state index contributed by atoms with van der Waals surface area (Å²) in [5.74, 6) is 0.967. The zero-order chi connectivity index (χ0) is 24.2. The summed E-state index contributed by atoms with van der Waals surface area (Å²) in [5.41, 5.74) is 3.78. The van der Waals surface area contributed by atoms with Crippen molar-refractivity contribution >= 4 is 0 Å². The minimum Gasteiger partial charge on any atom is -0.496 e. The van der Waals surface area contributed by atoms with Gasteiger partial charge in [-0.25, -0.2) is 9.37 Å². The second-order valence-electron chi connectivity index (χ2n) is 9.33. The first-order chi connectivity index (χ1) is 15.7. The van der Waals surface area contributed by atoms with E-state index in [4.69, 9.17) is 14.2 Å². The van der Waals surface area contributed by atoms with Crippen LogP contribution < -0.4 is 9.47 Å². The second-order valence-corrected chi connectivity index (χ2v) is 9.33. The minimum atomic E-state index is -0.295. The summed E-state index contributed by atoms with van der Waals surface area (Å²) >= 11 is 0. The molecule has 0 fully saturated rings. The smallest absolute Gasteiger partial charge is 0.213 e. The van der Waals surface area contributed by atoms with Crippen LogP contribution in [0.3, 0.4) is 0 Å². The molecule has 175 valence electrons. The fraction of sp³-hybridized carbons (Fsp3) is 0.357. The Morgan fingerprint density at radius 2 is 1.76 bits per heavy atom. The molecule has 4 nitrogen and oxygen atoms in total. The predicted octanol–water partition coefficient (Wildman–Crippen LogP) is 7.15. The molecular weight excluding hydrogens is 417 g/mol. The van der Waals surface area contributed by atoms with Crippen LogP contribution in [0.5, 0.6) is 11.6 Å². The fourth-order valence-electron chi connectivity index (χ4n) is 3.99. The molecular formula is C28H33FNO3. The molecule has 0 saturated heterocycles. The predicted molar refractivity (Wildman–Crippen MR) is 130 cm³/mol. The van der Waals surface area contributed by atoms with Crippen LogP contribution in [0.25, 0.3) is 11.1 Å². The molecule has 0 bridgehead atoms. The highest BCUT2D eigenvalue weighted by Gasteiger charge is 2.30. The van der Waals surface area contributed by atoms with E-state index in [9.17, 15) is 4.39 Å². The molecule has 3 rings (SSSR count). The van der Waals surface area contributed by atoms with Gasteiger partial charge in [0.15, 0.2) is 0 Å². The first-order valence-corrected chi connectivity index (χ1v) is 11.1. The van der Waals surface area contributed by atoms with Crippen LogP contribution in [-0.4, -0.2) is 19.2 Å². The van der Waals surface area contributed by atoms with Gasteiger partial charge >= 0.3 is 0 Å². The molecule has 0 N–H and O–H groups in total. The van der Waals surface area contributed by atoms with Gasteiger partial charge in [0.2, 0.25) is 5.88 Å². The maximum atomic E-state index is 14.8. The molecule has 2 aromatic carbocycles. The molecule has 0 amide bonds. The van der Waals surface area contributed by atoms with Crippen molar-refractivity contribution in [2.45, 2.75) is 46.3 Å². The molecule has 0 aliphatic heterocycles. The lowest BCUT2D eigenvalue weighted by molar-refractivity contribution is 0.0155. The summed E-state index contributed by atoms with van der Waals surface area (Å²) in [5, 5.41) is 0. The van der Waals surface area contributed by atoms with Crippen LogP contribution in [-0.2, 0) is 11.3 Å². The van der Waals surface area contributed by atoms with E-state index in [-0.39, 0.29) is 29.9 Å². The molecule has 0 saturated carbocycles. The van der Waals surface area contributed by atoms with Gasteiger partial charge < -0.3 is 14.2 Å². The number of methoxy groups -OCH3 is 2. The summed E-state index contributed by atoms with van der Waals surface area (Å²) in [4.78, 5) is 4.32. The Kier molecular flexibility index (Phi) is 7.75. The molecule has 33 heavy (non-hydrogen) atoms. The number of benzene rings is 2. The Hall–Kier alpha value is -2.92. The number of hydrogen-bond donors (Lipinski definition) is 0. The number of hydrogen-bond acceptors (Lipinski definition) is 4. The first-order valence-electron chi connectivity index (χ1n) is 11.1. The van der Waals surface area contributed by atoms with Crippen LogP contribution in [0.1, 0.15) is 56.4 Å². The molecule has 1 radical (unpaired) electrons. The van der Waals surface area contributed by atoms with E-state index in [0.717, 1.165) is 22.3 Å². The van der Waals surface area contributed by atoms with Crippen LogP contribution >= 0.6 is 0 Å². The quantitative estimate of drug-likeness (QED) is 0.365. The van der Waals surface area contributed by atoms with Gasteiger partial charge in [0.05, 0.1) is 13.2 Å². The second kappa shape index (κ2) is 10.3. The maximum absolute atomic E-state index is 14.8. The Morgan fingerprint density at radius 3 is 2.36 bits per heavy atom. The number of nitrogens with zero attached hydrogens (tertiary/aromatic N) is 1. The minimum absolute atomic E-state index is 0.130. The largest absolute Gasteiger partial charge is 0.496 e. The Bertz CT molecular complexity index is 1090. The molecule has 1 heterocycles. The standard InChI is InChI=1S/C28H33FNO3/c1-18(2)19-12-13-30-26(15-19)33-17-20-14-23(27(32-7)28(3,4)5)22(16-25(20)31-6)21-10-8-9-11-24(21)29/h8-16,18,27H,1,17H2,2-7H3/t18-,27+/m0/s1. The van der Waals surface area contributed by atoms with Crippen LogP contribution in [0.2, 0.25) is 0 Å². The molecule has 0 aliphatic carbocycles.